The van der Waals surface area contributed by atoms with E-state index in [1.807, 2.05) is 6.92 Å². The molecule has 0 radical (unpaired) electrons. The molecular formula is C16H13Cl3F3N3O2. The van der Waals surface area contributed by atoms with Crippen LogP contribution >= 0.6 is 34.8 Å². The summed E-state index contributed by atoms with van der Waals surface area (Å²) in [6, 6.07) is 1.80. The number of hydrogen-bond acceptors (Lipinski definition) is 4. The van der Waals surface area contributed by atoms with Crippen LogP contribution in [0.1, 0.15) is 25.8 Å². The molecule has 1 N–H and O–H groups in total. The third-order valence-electron chi connectivity index (χ3n) is 4.14. The zero-order chi connectivity index (χ0) is 19.9. The highest BCUT2D eigenvalue weighted by Gasteiger charge is 2.32. The van der Waals surface area contributed by atoms with Gasteiger partial charge in [-0.2, -0.15) is 0 Å². The van der Waals surface area contributed by atoms with Crippen LogP contribution in [-0.4, -0.2) is 15.9 Å². The molecule has 0 saturated heterocycles. The molecule has 1 aromatic carbocycles. The van der Waals surface area contributed by atoms with Gasteiger partial charge < -0.3 is 14.6 Å². The second kappa shape index (κ2) is 7.41. The molecular weight excluding hydrogens is 430 g/mol. The second-order valence-corrected chi connectivity index (χ2v) is 7.34. The minimum Gasteiger partial charge on any atom is -0.406 e. The Bertz CT molecular complexity index is 906. The lowest BCUT2D eigenvalue weighted by Crippen LogP contribution is -2.27. The fourth-order valence-electron chi connectivity index (χ4n) is 2.65. The molecule has 3 rings (SSSR count). The molecule has 11 heteroatoms. The Balaban J connectivity index is 1.94. The quantitative estimate of drug-likeness (QED) is 0.634. The third-order valence-corrected chi connectivity index (χ3v) is 4.92. The Labute approximate surface area is 167 Å². The fourth-order valence-corrected chi connectivity index (χ4v) is 3.40. The van der Waals surface area contributed by atoms with Crippen molar-refractivity contribution in [1.82, 2.24) is 9.55 Å². The van der Waals surface area contributed by atoms with Crippen molar-refractivity contribution >= 4 is 46.3 Å². The minimum absolute atomic E-state index is 0.0188. The Morgan fingerprint density at radius 1 is 1.26 bits per heavy atom. The van der Waals surface area contributed by atoms with Crippen LogP contribution in [0.3, 0.4) is 0 Å². The molecule has 27 heavy (non-hydrogen) atoms. The topological polar surface area (TPSA) is 56.1 Å². The predicted molar refractivity (Wildman–Crippen MR) is 97.4 cm³/mol. The highest BCUT2D eigenvalue weighted by molar-refractivity contribution is 6.39. The Kier molecular flexibility index (Phi) is 5.52. The van der Waals surface area contributed by atoms with Gasteiger partial charge in [0, 0.05) is 24.4 Å². The van der Waals surface area contributed by atoms with Crippen molar-refractivity contribution in [2.24, 2.45) is 5.92 Å². The highest BCUT2D eigenvalue weighted by Crippen LogP contribution is 2.40. The summed E-state index contributed by atoms with van der Waals surface area (Å²) >= 11 is 18.0. The summed E-state index contributed by atoms with van der Waals surface area (Å²) < 4.78 is 42.3. The van der Waals surface area contributed by atoms with Crippen LogP contribution in [0.25, 0.3) is 0 Å². The first-order chi connectivity index (χ1) is 12.5. The summed E-state index contributed by atoms with van der Waals surface area (Å²) in [5.41, 5.74) is -0.424. The second-order valence-electron chi connectivity index (χ2n) is 6.14. The molecule has 2 aromatic rings. The van der Waals surface area contributed by atoms with E-state index in [0.717, 1.165) is 25.0 Å². The van der Waals surface area contributed by atoms with Crippen molar-refractivity contribution < 1.29 is 17.9 Å². The first kappa shape index (κ1) is 20.1. The number of halogens is 6. The van der Waals surface area contributed by atoms with Crippen molar-refractivity contribution in [3.8, 4) is 5.75 Å². The van der Waals surface area contributed by atoms with E-state index in [1.165, 1.54) is 10.8 Å². The van der Waals surface area contributed by atoms with Crippen molar-refractivity contribution in [2.75, 3.05) is 5.32 Å². The number of aromatic nitrogens is 2. The van der Waals surface area contributed by atoms with Crippen molar-refractivity contribution in [3.05, 3.63) is 43.9 Å². The van der Waals surface area contributed by atoms with E-state index in [9.17, 15) is 18.0 Å². The van der Waals surface area contributed by atoms with Gasteiger partial charge in [0.15, 0.2) is 5.82 Å². The van der Waals surface area contributed by atoms with Gasteiger partial charge in [-0.25, -0.2) is 4.98 Å². The van der Waals surface area contributed by atoms with Crippen LogP contribution in [0.15, 0.2) is 23.1 Å². The number of rotatable bonds is 5. The SMILES string of the molecule is C[C@H](C1CC1)n1cc(Cl)nc(Nc2c(Cl)cc(OC(F)(F)F)cc2Cl)c1=O. The molecule has 1 aliphatic carbocycles. The summed E-state index contributed by atoms with van der Waals surface area (Å²) in [5.74, 6) is -0.329. The molecule has 0 spiro atoms. The van der Waals surface area contributed by atoms with Crippen LogP contribution in [0.2, 0.25) is 15.2 Å². The summed E-state index contributed by atoms with van der Waals surface area (Å²) in [4.78, 5) is 16.6. The van der Waals surface area contributed by atoms with Gasteiger partial charge >= 0.3 is 6.36 Å². The maximum Gasteiger partial charge on any atom is 0.573 e. The average molecular weight is 443 g/mol. The van der Waals surface area contributed by atoms with Gasteiger partial charge in [0.1, 0.15) is 10.9 Å². The first-order valence-corrected chi connectivity index (χ1v) is 8.99. The molecule has 5 nitrogen and oxygen atoms in total. The number of benzene rings is 1. The Hall–Kier alpha value is -1.64. The van der Waals surface area contributed by atoms with Crippen LogP contribution in [-0.2, 0) is 0 Å². The van der Waals surface area contributed by atoms with E-state index < -0.39 is 17.7 Å². The summed E-state index contributed by atoms with van der Waals surface area (Å²) in [5, 5.41) is 2.39. The smallest absolute Gasteiger partial charge is 0.406 e. The number of anilines is 2. The predicted octanol–water partition coefficient (Wildman–Crippen LogP) is 5.82. The highest BCUT2D eigenvalue weighted by atomic mass is 35.5. The van der Waals surface area contributed by atoms with Gasteiger partial charge in [-0.05, 0) is 25.7 Å². The molecule has 0 unspecified atom stereocenters. The lowest BCUT2D eigenvalue weighted by molar-refractivity contribution is -0.274. The number of nitrogens with one attached hydrogen (secondary N) is 1. The molecule has 1 saturated carbocycles. The number of alkyl halides is 3. The maximum atomic E-state index is 12.7. The van der Waals surface area contributed by atoms with Gasteiger partial charge in [-0.1, -0.05) is 34.8 Å². The van der Waals surface area contributed by atoms with E-state index >= 15 is 0 Å². The zero-order valence-electron chi connectivity index (χ0n) is 13.8. The molecule has 1 aromatic heterocycles. The monoisotopic (exact) mass is 441 g/mol. The van der Waals surface area contributed by atoms with Crippen LogP contribution in [0, 0.1) is 5.92 Å². The van der Waals surface area contributed by atoms with Crippen molar-refractivity contribution in [1.29, 1.82) is 0 Å². The van der Waals surface area contributed by atoms with Gasteiger partial charge in [-0.3, -0.25) is 4.79 Å². The van der Waals surface area contributed by atoms with Crippen LogP contribution in [0.5, 0.6) is 5.75 Å². The number of nitrogens with zero attached hydrogens (tertiary/aromatic N) is 2. The molecule has 1 aliphatic rings. The lowest BCUT2D eigenvalue weighted by Gasteiger charge is -2.17. The van der Waals surface area contributed by atoms with E-state index in [-0.39, 0.29) is 32.7 Å². The lowest BCUT2D eigenvalue weighted by atomic mass is 10.2. The molecule has 1 heterocycles. The van der Waals surface area contributed by atoms with Gasteiger partial charge in [0.25, 0.3) is 5.56 Å². The molecule has 1 fully saturated rings. The fraction of sp³-hybridized carbons (Fsp3) is 0.375. The molecule has 1 atom stereocenters. The first-order valence-electron chi connectivity index (χ1n) is 7.85. The van der Waals surface area contributed by atoms with Gasteiger partial charge in [0.05, 0.1) is 15.7 Å². The summed E-state index contributed by atoms with van der Waals surface area (Å²) in [7, 11) is 0. The van der Waals surface area contributed by atoms with E-state index in [2.05, 4.69) is 15.0 Å². The zero-order valence-corrected chi connectivity index (χ0v) is 16.0. The standard InChI is InChI=1S/C16H13Cl3F3N3O2/c1-7(8-2-3-8)25-6-12(19)23-14(15(25)26)24-13-10(17)4-9(5-11(13)18)27-16(20,21)22/h4-8H,2-3H2,1H3,(H,23,24)/t7-/m1/s1. The number of ether oxygens (including phenoxy) is 1. The number of hydrogen-bond donors (Lipinski definition) is 1. The van der Waals surface area contributed by atoms with Crippen molar-refractivity contribution in [2.45, 2.75) is 32.2 Å². The van der Waals surface area contributed by atoms with E-state index in [0.29, 0.717) is 5.92 Å². The Morgan fingerprint density at radius 3 is 2.37 bits per heavy atom. The van der Waals surface area contributed by atoms with E-state index in [1.54, 1.807) is 0 Å². The van der Waals surface area contributed by atoms with E-state index in [4.69, 9.17) is 34.8 Å². The van der Waals surface area contributed by atoms with Gasteiger partial charge in [-0.15, -0.1) is 13.2 Å². The largest absolute Gasteiger partial charge is 0.573 e. The minimum atomic E-state index is -4.89. The average Bonchev–Trinajstić information content (AvgIpc) is 3.36. The third kappa shape index (κ3) is 4.80. The Morgan fingerprint density at radius 2 is 1.85 bits per heavy atom. The maximum absolute atomic E-state index is 12.7. The van der Waals surface area contributed by atoms with Crippen LogP contribution in [0.4, 0.5) is 24.7 Å². The summed E-state index contributed by atoms with van der Waals surface area (Å²) in [6.07, 6.45) is -1.40. The summed E-state index contributed by atoms with van der Waals surface area (Å²) in [6.45, 7) is 1.91. The van der Waals surface area contributed by atoms with Gasteiger partial charge in [0.2, 0.25) is 0 Å². The molecule has 146 valence electrons. The van der Waals surface area contributed by atoms with Crippen LogP contribution < -0.4 is 15.6 Å². The van der Waals surface area contributed by atoms with Crippen molar-refractivity contribution in [3.63, 3.8) is 0 Å². The normalized spacial score (nSPS) is 15.5. The molecule has 0 bridgehead atoms. The molecule has 0 aliphatic heterocycles. The molecule has 0 amide bonds.